The number of aromatic nitrogens is 1. The molecule has 1 aliphatic rings. The molecule has 1 aromatic heterocycles. The van der Waals surface area contributed by atoms with E-state index in [0.717, 1.165) is 24.2 Å². The van der Waals surface area contributed by atoms with Gasteiger partial charge < -0.3 is 5.32 Å². The van der Waals surface area contributed by atoms with E-state index in [2.05, 4.69) is 36.0 Å². The van der Waals surface area contributed by atoms with E-state index < -0.39 is 5.82 Å². The van der Waals surface area contributed by atoms with Crippen LogP contribution in [0, 0.1) is 5.82 Å². The zero-order chi connectivity index (χ0) is 18.9. The molecule has 0 bridgehead atoms. The third-order valence-corrected chi connectivity index (χ3v) is 5.66. The van der Waals surface area contributed by atoms with Crippen molar-refractivity contribution in [1.29, 1.82) is 0 Å². The molecule has 2 aromatic rings. The first-order valence-corrected chi connectivity index (χ1v) is 9.96. The number of hydrogen-bond donors (Lipinski definition) is 1. The molecule has 0 radical (unpaired) electrons. The van der Waals surface area contributed by atoms with Gasteiger partial charge in [0.25, 0.3) is 0 Å². The van der Waals surface area contributed by atoms with Crippen LogP contribution in [-0.4, -0.2) is 33.9 Å². The summed E-state index contributed by atoms with van der Waals surface area (Å²) in [5, 5.41) is 5.12. The van der Waals surface area contributed by atoms with Gasteiger partial charge in [-0.2, -0.15) is 0 Å². The van der Waals surface area contributed by atoms with Crippen LogP contribution in [0.1, 0.15) is 44.5 Å². The number of carbonyl (C=O) groups excluding carboxylic acids is 1. The third kappa shape index (κ3) is 4.24. The van der Waals surface area contributed by atoms with Crippen LogP contribution in [0.5, 0.6) is 0 Å². The lowest BCUT2D eigenvalue weighted by Crippen LogP contribution is -2.46. The molecule has 3 rings (SSSR count). The molecular formula is C19H23ClFN3OS. The lowest BCUT2D eigenvalue weighted by atomic mass is 9.96. The molecular weight excluding hydrogens is 373 g/mol. The molecule has 1 fully saturated rings. The van der Waals surface area contributed by atoms with Gasteiger partial charge in [0.15, 0.2) is 0 Å². The van der Waals surface area contributed by atoms with Gasteiger partial charge in [0, 0.05) is 23.5 Å². The number of nitrogens with one attached hydrogen (secondary N) is 1. The fourth-order valence-corrected chi connectivity index (χ4v) is 4.23. The van der Waals surface area contributed by atoms with Gasteiger partial charge >= 0.3 is 0 Å². The van der Waals surface area contributed by atoms with Crippen molar-refractivity contribution in [2.75, 3.05) is 6.54 Å². The van der Waals surface area contributed by atoms with Crippen LogP contribution < -0.4 is 5.32 Å². The molecule has 7 heteroatoms. The van der Waals surface area contributed by atoms with E-state index in [9.17, 15) is 9.18 Å². The van der Waals surface area contributed by atoms with Crippen molar-refractivity contribution in [3.8, 4) is 0 Å². The van der Waals surface area contributed by atoms with Gasteiger partial charge in [-0.15, -0.1) is 11.3 Å². The standard InChI is InChI=1S/C19H23ClFN3OS/c1-19(2,3)24-7-6-16(23-17(25)9-13-10-26-11-22-13)18(24)12-4-5-14(20)15(21)8-12/h4-5,8,10-11,16,18H,6-7,9H2,1-3H3,(H,23,25). The average Bonchev–Trinajstić information content (AvgIpc) is 3.19. The quantitative estimate of drug-likeness (QED) is 0.843. The molecule has 1 aromatic carbocycles. The lowest BCUT2D eigenvalue weighted by Gasteiger charge is -2.39. The highest BCUT2D eigenvalue weighted by Gasteiger charge is 2.41. The largest absolute Gasteiger partial charge is 0.351 e. The summed E-state index contributed by atoms with van der Waals surface area (Å²) in [6.45, 7) is 7.23. The summed E-state index contributed by atoms with van der Waals surface area (Å²) in [4.78, 5) is 18.9. The first kappa shape index (κ1) is 19.3. The Bertz CT molecular complexity index is 776. The fourth-order valence-electron chi connectivity index (χ4n) is 3.55. The monoisotopic (exact) mass is 395 g/mol. The van der Waals surface area contributed by atoms with Gasteiger partial charge in [-0.1, -0.05) is 17.7 Å². The summed E-state index contributed by atoms with van der Waals surface area (Å²) < 4.78 is 14.1. The maximum Gasteiger partial charge on any atom is 0.226 e. The van der Waals surface area contributed by atoms with E-state index in [-0.39, 0.29) is 35.0 Å². The first-order chi connectivity index (χ1) is 12.3. The highest BCUT2D eigenvalue weighted by molar-refractivity contribution is 7.07. The zero-order valence-corrected chi connectivity index (χ0v) is 16.7. The van der Waals surface area contributed by atoms with Gasteiger partial charge in [-0.05, 0) is 44.9 Å². The van der Waals surface area contributed by atoms with Crippen molar-refractivity contribution in [2.45, 2.75) is 51.2 Å². The summed E-state index contributed by atoms with van der Waals surface area (Å²) in [6.07, 6.45) is 1.08. The molecule has 2 heterocycles. The number of rotatable bonds is 4. The number of amides is 1. The molecule has 140 valence electrons. The summed E-state index contributed by atoms with van der Waals surface area (Å²) in [5.74, 6) is -0.492. The third-order valence-electron chi connectivity index (χ3n) is 4.72. The van der Waals surface area contributed by atoms with Crippen LogP contribution in [-0.2, 0) is 11.2 Å². The minimum Gasteiger partial charge on any atom is -0.351 e. The van der Waals surface area contributed by atoms with E-state index in [0.29, 0.717) is 0 Å². The van der Waals surface area contributed by atoms with E-state index in [4.69, 9.17) is 11.6 Å². The number of carbonyl (C=O) groups is 1. The van der Waals surface area contributed by atoms with E-state index >= 15 is 0 Å². The number of hydrogen-bond acceptors (Lipinski definition) is 4. The SMILES string of the molecule is CC(C)(C)N1CCC(NC(=O)Cc2cscn2)C1c1ccc(Cl)c(F)c1. The van der Waals surface area contributed by atoms with Crippen LogP contribution in [0.25, 0.3) is 0 Å². The molecule has 2 atom stereocenters. The van der Waals surface area contributed by atoms with Gasteiger partial charge in [-0.3, -0.25) is 9.69 Å². The second-order valence-electron chi connectivity index (χ2n) is 7.60. The second-order valence-corrected chi connectivity index (χ2v) is 8.73. The molecule has 0 aliphatic carbocycles. The maximum atomic E-state index is 14.1. The Morgan fingerprint density at radius 3 is 2.85 bits per heavy atom. The van der Waals surface area contributed by atoms with Gasteiger partial charge in [-0.25, -0.2) is 9.37 Å². The lowest BCUT2D eigenvalue weighted by molar-refractivity contribution is -0.121. The normalized spacial score (nSPS) is 21.1. The minimum atomic E-state index is -0.433. The summed E-state index contributed by atoms with van der Waals surface area (Å²) in [5.41, 5.74) is 3.22. The number of benzene rings is 1. The van der Waals surface area contributed by atoms with E-state index in [1.54, 1.807) is 11.6 Å². The predicted molar refractivity (Wildman–Crippen MR) is 103 cm³/mol. The highest BCUT2D eigenvalue weighted by atomic mass is 35.5. The summed E-state index contributed by atoms with van der Waals surface area (Å²) >= 11 is 7.32. The molecule has 4 nitrogen and oxygen atoms in total. The number of nitrogens with zero attached hydrogens (tertiary/aromatic N) is 2. The Labute approximate surface area is 162 Å². The summed E-state index contributed by atoms with van der Waals surface area (Å²) in [6, 6.07) is 4.73. The van der Waals surface area contributed by atoms with E-state index in [1.165, 1.54) is 17.4 Å². The van der Waals surface area contributed by atoms with Crippen molar-refractivity contribution < 1.29 is 9.18 Å². The minimum absolute atomic E-state index is 0.0592. The second kappa shape index (κ2) is 7.62. The number of halogens is 2. The zero-order valence-electron chi connectivity index (χ0n) is 15.1. The topological polar surface area (TPSA) is 45.2 Å². The van der Waals surface area contributed by atoms with Gasteiger partial charge in [0.2, 0.25) is 5.91 Å². The molecule has 26 heavy (non-hydrogen) atoms. The molecule has 1 aliphatic heterocycles. The molecule has 2 unspecified atom stereocenters. The van der Waals surface area contributed by atoms with Crippen LogP contribution in [0.15, 0.2) is 29.1 Å². The molecule has 0 spiro atoms. The molecule has 1 N–H and O–H groups in total. The van der Waals surface area contributed by atoms with Crippen molar-refractivity contribution in [1.82, 2.24) is 15.2 Å². The van der Waals surface area contributed by atoms with Crippen LogP contribution >= 0.6 is 22.9 Å². The Balaban J connectivity index is 1.83. The number of likely N-dealkylation sites (tertiary alicyclic amines) is 1. The molecule has 1 saturated heterocycles. The predicted octanol–water partition coefficient (Wildman–Crippen LogP) is 4.21. The summed E-state index contributed by atoms with van der Waals surface area (Å²) in [7, 11) is 0. The number of thiazole rings is 1. The highest BCUT2D eigenvalue weighted by Crippen LogP contribution is 2.38. The van der Waals surface area contributed by atoms with Crippen LogP contribution in [0.2, 0.25) is 5.02 Å². The van der Waals surface area contributed by atoms with Crippen molar-refractivity contribution in [3.05, 3.63) is 51.2 Å². The van der Waals surface area contributed by atoms with Gasteiger partial charge in [0.1, 0.15) is 5.82 Å². The molecule has 0 saturated carbocycles. The average molecular weight is 396 g/mol. The molecule has 1 amide bonds. The Morgan fingerprint density at radius 1 is 1.46 bits per heavy atom. The van der Waals surface area contributed by atoms with Crippen molar-refractivity contribution in [3.63, 3.8) is 0 Å². The van der Waals surface area contributed by atoms with Crippen molar-refractivity contribution >= 4 is 28.8 Å². The van der Waals surface area contributed by atoms with E-state index in [1.807, 2.05) is 11.4 Å². The maximum absolute atomic E-state index is 14.1. The Hall–Kier alpha value is -1.50. The first-order valence-electron chi connectivity index (χ1n) is 8.64. The van der Waals surface area contributed by atoms with Crippen LogP contribution in [0.4, 0.5) is 4.39 Å². The Kier molecular flexibility index (Phi) is 5.65. The van der Waals surface area contributed by atoms with Crippen molar-refractivity contribution in [2.24, 2.45) is 0 Å². The van der Waals surface area contributed by atoms with Crippen LogP contribution in [0.3, 0.4) is 0 Å². The van der Waals surface area contributed by atoms with Gasteiger partial charge in [0.05, 0.1) is 28.7 Å². The fraction of sp³-hybridized carbons (Fsp3) is 0.474. The Morgan fingerprint density at radius 2 is 2.23 bits per heavy atom. The smallest absolute Gasteiger partial charge is 0.226 e.